The SMILES string of the molecule is CC1(C(=O)NCCc2ccsc2)CCNC1.Cl. The Balaban J connectivity index is 0.00000144. The standard InChI is InChI=1S/C12H18N2OS.ClH/c1-12(4-6-13-9-12)11(15)14-5-2-10-3-7-16-8-10;/h3,7-8,13H,2,4-6,9H2,1H3,(H,14,15);1H. The zero-order valence-electron chi connectivity index (χ0n) is 9.99. The van der Waals surface area contributed by atoms with E-state index in [1.54, 1.807) is 11.3 Å². The molecule has 0 bridgehead atoms. The van der Waals surface area contributed by atoms with E-state index in [-0.39, 0.29) is 23.7 Å². The minimum Gasteiger partial charge on any atom is -0.355 e. The van der Waals surface area contributed by atoms with E-state index in [4.69, 9.17) is 0 Å². The number of hydrogen-bond acceptors (Lipinski definition) is 3. The molecule has 0 aliphatic carbocycles. The van der Waals surface area contributed by atoms with Crippen LogP contribution >= 0.6 is 23.7 Å². The zero-order valence-corrected chi connectivity index (χ0v) is 11.6. The van der Waals surface area contributed by atoms with E-state index in [0.717, 1.165) is 32.5 Å². The topological polar surface area (TPSA) is 41.1 Å². The molecule has 1 saturated heterocycles. The lowest BCUT2D eigenvalue weighted by molar-refractivity contribution is -0.129. The molecule has 1 amide bonds. The third kappa shape index (κ3) is 3.69. The van der Waals surface area contributed by atoms with Crippen molar-refractivity contribution in [1.82, 2.24) is 10.6 Å². The van der Waals surface area contributed by atoms with Crippen molar-refractivity contribution in [2.45, 2.75) is 19.8 Å². The largest absolute Gasteiger partial charge is 0.355 e. The molecule has 5 heteroatoms. The maximum absolute atomic E-state index is 11.9. The molecule has 1 atom stereocenters. The second kappa shape index (κ2) is 6.38. The lowest BCUT2D eigenvalue weighted by atomic mass is 9.89. The minimum absolute atomic E-state index is 0. The van der Waals surface area contributed by atoms with Crippen molar-refractivity contribution in [1.29, 1.82) is 0 Å². The number of thiophene rings is 1. The van der Waals surface area contributed by atoms with E-state index < -0.39 is 0 Å². The van der Waals surface area contributed by atoms with Crippen LogP contribution < -0.4 is 10.6 Å². The molecular weight excluding hydrogens is 256 g/mol. The lowest BCUT2D eigenvalue weighted by Gasteiger charge is -2.21. The second-order valence-corrected chi connectivity index (χ2v) is 5.40. The molecular formula is C12H19ClN2OS. The molecule has 1 fully saturated rings. The molecule has 0 saturated carbocycles. The van der Waals surface area contributed by atoms with Gasteiger partial charge in [0.1, 0.15) is 0 Å². The van der Waals surface area contributed by atoms with Gasteiger partial charge in [-0.15, -0.1) is 12.4 Å². The van der Waals surface area contributed by atoms with Crippen molar-refractivity contribution in [3.8, 4) is 0 Å². The predicted molar refractivity (Wildman–Crippen MR) is 73.9 cm³/mol. The number of halogens is 1. The summed E-state index contributed by atoms with van der Waals surface area (Å²) in [5.41, 5.74) is 1.11. The van der Waals surface area contributed by atoms with Gasteiger partial charge in [-0.25, -0.2) is 0 Å². The van der Waals surface area contributed by atoms with Crippen LogP contribution in [-0.4, -0.2) is 25.5 Å². The summed E-state index contributed by atoms with van der Waals surface area (Å²) in [5.74, 6) is 0.188. The number of hydrogen-bond donors (Lipinski definition) is 2. The second-order valence-electron chi connectivity index (χ2n) is 4.62. The van der Waals surface area contributed by atoms with Gasteiger partial charge in [0.15, 0.2) is 0 Å². The fourth-order valence-corrected chi connectivity index (χ4v) is 2.68. The van der Waals surface area contributed by atoms with Gasteiger partial charge in [-0.2, -0.15) is 11.3 Å². The van der Waals surface area contributed by atoms with Crippen LogP contribution in [0.3, 0.4) is 0 Å². The van der Waals surface area contributed by atoms with Crippen LogP contribution in [0.25, 0.3) is 0 Å². The smallest absolute Gasteiger partial charge is 0.227 e. The van der Waals surface area contributed by atoms with Gasteiger partial charge >= 0.3 is 0 Å². The summed E-state index contributed by atoms with van der Waals surface area (Å²) in [6.45, 7) is 4.53. The van der Waals surface area contributed by atoms with Gasteiger partial charge in [-0.05, 0) is 48.7 Å². The fraction of sp³-hybridized carbons (Fsp3) is 0.583. The van der Waals surface area contributed by atoms with Gasteiger partial charge in [0.05, 0.1) is 5.41 Å². The Labute approximate surface area is 112 Å². The monoisotopic (exact) mass is 274 g/mol. The average Bonchev–Trinajstić information content (AvgIpc) is 2.90. The molecule has 2 rings (SSSR count). The highest BCUT2D eigenvalue weighted by atomic mass is 35.5. The zero-order chi connectivity index (χ0) is 11.4. The fourth-order valence-electron chi connectivity index (χ4n) is 1.98. The van der Waals surface area contributed by atoms with E-state index >= 15 is 0 Å². The van der Waals surface area contributed by atoms with Gasteiger partial charge in [0.2, 0.25) is 5.91 Å². The van der Waals surface area contributed by atoms with Crippen LogP contribution in [0.2, 0.25) is 0 Å². The van der Waals surface area contributed by atoms with E-state index in [1.807, 2.05) is 6.92 Å². The van der Waals surface area contributed by atoms with Crippen molar-refractivity contribution in [3.63, 3.8) is 0 Å². The number of carbonyl (C=O) groups excluding carboxylic acids is 1. The molecule has 0 spiro atoms. The minimum atomic E-state index is -0.200. The maximum atomic E-state index is 11.9. The van der Waals surface area contributed by atoms with Crippen LogP contribution in [0.4, 0.5) is 0 Å². The third-order valence-corrected chi connectivity index (χ3v) is 3.93. The molecule has 1 unspecified atom stereocenters. The lowest BCUT2D eigenvalue weighted by Crippen LogP contribution is -2.41. The Morgan fingerprint density at radius 2 is 2.47 bits per heavy atom. The molecule has 1 aromatic heterocycles. The molecule has 1 aliphatic heterocycles. The normalized spacial score (nSPS) is 23.1. The maximum Gasteiger partial charge on any atom is 0.227 e. The van der Waals surface area contributed by atoms with Crippen LogP contribution in [0.15, 0.2) is 16.8 Å². The van der Waals surface area contributed by atoms with Crippen molar-refractivity contribution in [2.24, 2.45) is 5.41 Å². The van der Waals surface area contributed by atoms with Gasteiger partial charge in [0, 0.05) is 13.1 Å². The van der Waals surface area contributed by atoms with E-state index in [2.05, 4.69) is 27.5 Å². The highest BCUT2D eigenvalue weighted by molar-refractivity contribution is 7.07. The van der Waals surface area contributed by atoms with Gasteiger partial charge in [-0.3, -0.25) is 4.79 Å². The van der Waals surface area contributed by atoms with Crippen molar-refractivity contribution >= 4 is 29.7 Å². The van der Waals surface area contributed by atoms with Gasteiger partial charge < -0.3 is 10.6 Å². The first-order chi connectivity index (χ1) is 7.71. The summed E-state index contributed by atoms with van der Waals surface area (Å²) in [5, 5.41) is 10.5. The third-order valence-electron chi connectivity index (χ3n) is 3.20. The average molecular weight is 275 g/mol. The molecule has 0 radical (unpaired) electrons. The summed E-state index contributed by atoms with van der Waals surface area (Å²) in [4.78, 5) is 11.9. The molecule has 2 heterocycles. The first kappa shape index (κ1) is 14.5. The molecule has 3 nitrogen and oxygen atoms in total. The summed E-state index contributed by atoms with van der Waals surface area (Å²) in [6.07, 6.45) is 1.87. The highest BCUT2D eigenvalue weighted by Gasteiger charge is 2.35. The Bertz CT molecular complexity index is 347. The van der Waals surface area contributed by atoms with E-state index in [1.165, 1.54) is 5.56 Å². The quantitative estimate of drug-likeness (QED) is 0.880. The molecule has 96 valence electrons. The van der Waals surface area contributed by atoms with Crippen molar-refractivity contribution < 1.29 is 4.79 Å². The van der Waals surface area contributed by atoms with Crippen LogP contribution in [0.1, 0.15) is 18.9 Å². The molecule has 17 heavy (non-hydrogen) atoms. The van der Waals surface area contributed by atoms with Gasteiger partial charge in [0.25, 0.3) is 0 Å². The Morgan fingerprint density at radius 1 is 1.65 bits per heavy atom. The van der Waals surface area contributed by atoms with E-state index in [0.29, 0.717) is 0 Å². The Hall–Kier alpha value is -0.580. The molecule has 0 aromatic carbocycles. The summed E-state index contributed by atoms with van der Waals surface area (Å²) in [7, 11) is 0. The predicted octanol–water partition coefficient (Wildman–Crippen LogP) is 1.83. The van der Waals surface area contributed by atoms with E-state index in [9.17, 15) is 4.79 Å². The first-order valence-corrected chi connectivity index (χ1v) is 6.65. The van der Waals surface area contributed by atoms with Crippen LogP contribution in [0.5, 0.6) is 0 Å². The number of amides is 1. The van der Waals surface area contributed by atoms with Crippen LogP contribution in [-0.2, 0) is 11.2 Å². The summed E-state index contributed by atoms with van der Waals surface area (Å²) >= 11 is 1.70. The number of nitrogens with one attached hydrogen (secondary N) is 2. The van der Waals surface area contributed by atoms with Crippen LogP contribution in [0, 0.1) is 5.41 Å². The Morgan fingerprint density at radius 3 is 3.06 bits per heavy atom. The Kier molecular flexibility index (Phi) is 5.43. The van der Waals surface area contributed by atoms with Gasteiger partial charge in [-0.1, -0.05) is 0 Å². The number of rotatable bonds is 4. The van der Waals surface area contributed by atoms with Crippen molar-refractivity contribution in [2.75, 3.05) is 19.6 Å². The summed E-state index contributed by atoms with van der Waals surface area (Å²) in [6, 6.07) is 2.11. The van der Waals surface area contributed by atoms with Crippen molar-refractivity contribution in [3.05, 3.63) is 22.4 Å². The summed E-state index contributed by atoms with van der Waals surface area (Å²) < 4.78 is 0. The molecule has 2 N–H and O–H groups in total. The highest BCUT2D eigenvalue weighted by Crippen LogP contribution is 2.24. The molecule has 1 aromatic rings. The molecule has 1 aliphatic rings. The first-order valence-electron chi connectivity index (χ1n) is 5.71. The number of carbonyl (C=O) groups is 1.